The van der Waals surface area contributed by atoms with E-state index in [1.807, 2.05) is 19.9 Å². The fourth-order valence-electron chi connectivity index (χ4n) is 1.92. The van der Waals surface area contributed by atoms with Gasteiger partial charge in [-0.25, -0.2) is 0 Å². The molecule has 0 radical (unpaired) electrons. The van der Waals surface area contributed by atoms with Gasteiger partial charge in [0.2, 0.25) is 5.91 Å². The predicted octanol–water partition coefficient (Wildman–Crippen LogP) is 0.958. The maximum atomic E-state index is 11.7. The first-order valence-electron chi connectivity index (χ1n) is 6.56. The second-order valence-electron chi connectivity index (χ2n) is 4.46. The number of aromatic nitrogens is 2. The van der Waals surface area contributed by atoms with Crippen LogP contribution in [0.5, 0.6) is 0 Å². The summed E-state index contributed by atoms with van der Waals surface area (Å²) in [6.45, 7) is 12.1. The minimum absolute atomic E-state index is 0.0216. The van der Waals surface area contributed by atoms with Gasteiger partial charge in [0.1, 0.15) is 6.54 Å². The van der Waals surface area contributed by atoms with Crippen LogP contribution in [0.15, 0.2) is 6.07 Å². The van der Waals surface area contributed by atoms with E-state index in [1.54, 1.807) is 4.68 Å². The third-order valence-electron chi connectivity index (χ3n) is 3.04. The largest absolute Gasteiger partial charge is 0.353 e. The molecule has 1 aromatic rings. The lowest BCUT2D eigenvalue weighted by molar-refractivity contribution is -0.121. The Labute approximate surface area is 109 Å². The third kappa shape index (κ3) is 4.49. The minimum atomic E-state index is 0.0216. The van der Waals surface area contributed by atoms with E-state index in [9.17, 15) is 4.79 Å². The van der Waals surface area contributed by atoms with Crippen molar-refractivity contribution in [2.24, 2.45) is 0 Å². The van der Waals surface area contributed by atoms with Gasteiger partial charge in [0.05, 0.1) is 5.69 Å². The first-order valence-corrected chi connectivity index (χ1v) is 6.56. The van der Waals surface area contributed by atoms with Crippen molar-refractivity contribution < 1.29 is 4.79 Å². The molecule has 0 spiro atoms. The molecular weight excluding hydrogens is 228 g/mol. The molecule has 0 saturated heterocycles. The molecule has 0 aliphatic heterocycles. The quantitative estimate of drug-likeness (QED) is 0.786. The van der Waals surface area contributed by atoms with Crippen LogP contribution in [0.25, 0.3) is 0 Å². The maximum absolute atomic E-state index is 11.7. The first-order chi connectivity index (χ1) is 8.56. The van der Waals surface area contributed by atoms with Crippen molar-refractivity contribution in [3.8, 4) is 0 Å². The minimum Gasteiger partial charge on any atom is -0.353 e. The zero-order valence-corrected chi connectivity index (χ0v) is 11.9. The summed E-state index contributed by atoms with van der Waals surface area (Å²) in [5.74, 6) is 0.0216. The monoisotopic (exact) mass is 252 g/mol. The molecule has 18 heavy (non-hydrogen) atoms. The van der Waals surface area contributed by atoms with Gasteiger partial charge in [0.25, 0.3) is 0 Å². The van der Waals surface area contributed by atoms with Gasteiger partial charge >= 0.3 is 0 Å². The highest BCUT2D eigenvalue weighted by atomic mass is 16.2. The Hall–Kier alpha value is -1.36. The Morgan fingerprint density at radius 3 is 2.56 bits per heavy atom. The summed E-state index contributed by atoms with van der Waals surface area (Å²) in [5, 5.41) is 7.20. The van der Waals surface area contributed by atoms with Gasteiger partial charge < -0.3 is 10.2 Å². The van der Waals surface area contributed by atoms with E-state index < -0.39 is 0 Å². The molecule has 1 rings (SSSR count). The summed E-state index contributed by atoms with van der Waals surface area (Å²) in [6, 6.07) is 1.98. The number of hydrogen-bond acceptors (Lipinski definition) is 3. The van der Waals surface area contributed by atoms with Crippen LogP contribution >= 0.6 is 0 Å². The number of rotatable bonds is 7. The van der Waals surface area contributed by atoms with Crippen molar-refractivity contribution in [2.45, 2.75) is 34.2 Å². The summed E-state index contributed by atoms with van der Waals surface area (Å²) in [5.41, 5.74) is 1.97. The average Bonchev–Trinajstić information content (AvgIpc) is 2.63. The molecule has 1 heterocycles. The van der Waals surface area contributed by atoms with E-state index in [1.165, 1.54) is 0 Å². The molecule has 0 saturated carbocycles. The summed E-state index contributed by atoms with van der Waals surface area (Å²) in [6.07, 6.45) is 0. The molecule has 0 fully saturated rings. The Bertz CT molecular complexity index is 382. The van der Waals surface area contributed by atoms with Crippen LogP contribution in [0.1, 0.15) is 25.2 Å². The van der Waals surface area contributed by atoms with Crippen molar-refractivity contribution in [3.05, 3.63) is 17.5 Å². The van der Waals surface area contributed by atoms with Gasteiger partial charge in [-0.3, -0.25) is 9.48 Å². The van der Waals surface area contributed by atoms with Crippen molar-refractivity contribution in [3.63, 3.8) is 0 Å². The Morgan fingerprint density at radius 2 is 2.06 bits per heavy atom. The van der Waals surface area contributed by atoms with Gasteiger partial charge in [-0.1, -0.05) is 13.8 Å². The number of likely N-dealkylation sites (N-methyl/N-ethyl adjacent to an activating group) is 1. The predicted molar refractivity (Wildman–Crippen MR) is 72.5 cm³/mol. The second kappa shape index (κ2) is 7.16. The second-order valence-corrected chi connectivity index (χ2v) is 4.46. The topological polar surface area (TPSA) is 50.2 Å². The van der Waals surface area contributed by atoms with E-state index in [-0.39, 0.29) is 5.91 Å². The van der Waals surface area contributed by atoms with Crippen LogP contribution in [0, 0.1) is 13.8 Å². The van der Waals surface area contributed by atoms with Crippen molar-refractivity contribution in [1.29, 1.82) is 0 Å². The normalized spacial score (nSPS) is 10.9. The van der Waals surface area contributed by atoms with Gasteiger partial charge in [0, 0.05) is 18.8 Å². The molecule has 0 aliphatic carbocycles. The summed E-state index contributed by atoms with van der Waals surface area (Å²) < 4.78 is 1.74. The van der Waals surface area contributed by atoms with Crippen LogP contribution < -0.4 is 5.32 Å². The van der Waals surface area contributed by atoms with Crippen molar-refractivity contribution in [2.75, 3.05) is 26.2 Å². The van der Waals surface area contributed by atoms with Crippen LogP contribution in [0.2, 0.25) is 0 Å². The number of amides is 1. The van der Waals surface area contributed by atoms with E-state index in [0.29, 0.717) is 13.1 Å². The van der Waals surface area contributed by atoms with Crippen LogP contribution in [-0.4, -0.2) is 46.8 Å². The van der Waals surface area contributed by atoms with Crippen molar-refractivity contribution >= 4 is 5.91 Å². The van der Waals surface area contributed by atoms with Crippen LogP contribution in [-0.2, 0) is 11.3 Å². The molecule has 5 heteroatoms. The molecule has 0 aromatic carbocycles. The molecule has 5 nitrogen and oxygen atoms in total. The first kappa shape index (κ1) is 14.7. The van der Waals surface area contributed by atoms with E-state index in [0.717, 1.165) is 31.0 Å². The fraction of sp³-hybridized carbons (Fsp3) is 0.692. The van der Waals surface area contributed by atoms with E-state index >= 15 is 0 Å². The third-order valence-corrected chi connectivity index (χ3v) is 3.04. The van der Waals surface area contributed by atoms with Gasteiger partial charge in [-0.2, -0.15) is 5.10 Å². The lowest BCUT2D eigenvalue weighted by atomic mass is 10.4. The summed E-state index contributed by atoms with van der Waals surface area (Å²) in [7, 11) is 0. The fourth-order valence-corrected chi connectivity index (χ4v) is 1.92. The maximum Gasteiger partial charge on any atom is 0.241 e. The molecule has 0 unspecified atom stereocenters. The Balaban J connectivity index is 2.32. The zero-order valence-electron chi connectivity index (χ0n) is 11.9. The highest BCUT2D eigenvalue weighted by Crippen LogP contribution is 2.00. The van der Waals surface area contributed by atoms with E-state index in [2.05, 4.69) is 29.2 Å². The number of aryl methyl sites for hydroxylation is 2. The molecule has 1 aromatic heterocycles. The SMILES string of the molecule is CCN(CC)CCNC(=O)Cn1nc(C)cc1C. The Morgan fingerprint density at radius 1 is 1.39 bits per heavy atom. The molecule has 0 aliphatic rings. The average molecular weight is 252 g/mol. The molecule has 0 atom stereocenters. The highest BCUT2D eigenvalue weighted by molar-refractivity contribution is 5.75. The highest BCUT2D eigenvalue weighted by Gasteiger charge is 2.07. The smallest absolute Gasteiger partial charge is 0.241 e. The number of hydrogen-bond donors (Lipinski definition) is 1. The molecule has 0 bridgehead atoms. The van der Waals surface area contributed by atoms with Gasteiger partial charge in [-0.05, 0) is 33.0 Å². The number of carbonyl (C=O) groups excluding carboxylic acids is 1. The van der Waals surface area contributed by atoms with Gasteiger partial charge in [0.15, 0.2) is 0 Å². The van der Waals surface area contributed by atoms with Gasteiger partial charge in [-0.15, -0.1) is 0 Å². The van der Waals surface area contributed by atoms with Crippen LogP contribution in [0.4, 0.5) is 0 Å². The molecule has 102 valence electrons. The van der Waals surface area contributed by atoms with Crippen LogP contribution in [0.3, 0.4) is 0 Å². The Kier molecular flexibility index (Phi) is 5.85. The van der Waals surface area contributed by atoms with E-state index in [4.69, 9.17) is 0 Å². The summed E-state index contributed by atoms with van der Waals surface area (Å²) >= 11 is 0. The van der Waals surface area contributed by atoms with Crippen molar-refractivity contribution in [1.82, 2.24) is 20.0 Å². The lowest BCUT2D eigenvalue weighted by Crippen LogP contribution is -2.36. The number of nitrogens with zero attached hydrogens (tertiary/aromatic N) is 3. The zero-order chi connectivity index (χ0) is 13.5. The number of carbonyl (C=O) groups is 1. The summed E-state index contributed by atoms with van der Waals surface area (Å²) in [4.78, 5) is 14.0. The molecular formula is C13H24N4O. The molecule has 1 N–H and O–H groups in total. The number of nitrogens with one attached hydrogen (secondary N) is 1. The lowest BCUT2D eigenvalue weighted by Gasteiger charge is -2.18. The standard InChI is InChI=1S/C13H24N4O/c1-5-16(6-2)8-7-14-13(18)10-17-12(4)9-11(3)15-17/h9H,5-8,10H2,1-4H3,(H,14,18). The molecule has 1 amide bonds.